The molecule has 3 rings (SSSR count). The monoisotopic (exact) mass is 470 g/mol. The molecule has 10 heteroatoms. The third-order valence-electron chi connectivity index (χ3n) is 4.87. The summed E-state index contributed by atoms with van der Waals surface area (Å²) in [5, 5.41) is 7.52. The zero-order valence-electron chi connectivity index (χ0n) is 19.1. The van der Waals surface area contributed by atoms with Crippen LogP contribution in [0.2, 0.25) is 0 Å². The fourth-order valence-electron chi connectivity index (χ4n) is 3.05. The Kier molecular flexibility index (Phi) is 7.42. The quantitative estimate of drug-likeness (QED) is 0.375. The molecule has 34 heavy (non-hydrogen) atoms. The zero-order chi connectivity index (χ0) is 25.0. The van der Waals surface area contributed by atoms with Gasteiger partial charge in [0, 0.05) is 32.3 Å². The third-order valence-corrected chi connectivity index (χ3v) is 4.87. The largest absolute Gasteiger partial charge is 0.436 e. The highest BCUT2D eigenvalue weighted by Crippen LogP contribution is 2.33. The van der Waals surface area contributed by atoms with Gasteiger partial charge >= 0.3 is 0 Å². The molecule has 1 atom stereocenters. The molecule has 0 aliphatic heterocycles. The van der Waals surface area contributed by atoms with Gasteiger partial charge < -0.3 is 24.8 Å². The molecule has 0 aliphatic carbocycles. The first kappa shape index (κ1) is 24.6. The van der Waals surface area contributed by atoms with Crippen molar-refractivity contribution >= 4 is 11.7 Å². The molecule has 8 nitrogen and oxygen atoms in total. The van der Waals surface area contributed by atoms with Crippen molar-refractivity contribution < 1.29 is 27.8 Å². The molecule has 1 heterocycles. The van der Waals surface area contributed by atoms with Crippen molar-refractivity contribution in [3.8, 4) is 23.3 Å². The van der Waals surface area contributed by atoms with Crippen molar-refractivity contribution in [2.75, 3.05) is 21.2 Å². The van der Waals surface area contributed by atoms with E-state index >= 15 is 0 Å². The van der Waals surface area contributed by atoms with E-state index in [2.05, 4.69) is 4.98 Å². The zero-order valence-corrected chi connectivity index (χ0v) is 19.1. The van der Waals surface area contributed by atoms with Gasteiger partial charge in [0.1, 0.15) is 17.3 Å². The predicted octanol–water partition coefficient (Wildman–Crippen LogP) is 4.31. The maximum absolute atomic E-state index is 14.8. The third kappa shape index (κ3) is 5.29. The van der Waals surface area contributed by atoms with Crippen LogP contribution in [0.3, 0.4) is 0 Å². The first-order valence-electron chi connectivity index (χ1n) is 10.1. The molecule has 3 N–H and O–H groups in total. The SMILES string of the molecule is COC(C(=O)N(C)C)c1cccc(Oc2nc(Oc3cccc(C(=N)N)c3)c(F)c(C)c2F)c1. The molecule has 1 unspecified atom stereocenters. The number of benzene rings is 2. The van der Waals surface area contributed by atoms with E-state index in [-0.39, 0.29) is 28.8 Å². The van der Waals surface area contributed by atoms with Gasteiger partial charge in [-0.25, -0.2) is 8.78 Å². The topological polar surface area (TPSA) is 111 Å². The lowest BCUT2D eigenvalue weighted by molar-refractivity contribution is -0.139. The highest BCUT2D eigenvalue weighted by atomic mass is 19.1. The number of amides is 1. The number of amidine groups is 1. The molecule has 0 radical (unpaired) electrons. The van der Waals surface area contributed by atoms with Gasteiger partial charge in [-0.3, -0.25) is 10.2 Å². The van der Waals surface area contributed by atoms with Crippen LogP contribution in [0, 0.1) is 24.0 Å². The summed E-state index contributed by atoms with van der Waals surface area (Å²) in [6, 6.07) is 12.4. The van der Waals surface area contributed by atoms with Crippen LogP contribution in [0.15, 0.2) is 48.5 Å². The van der Waals surface area contributed by atoms with Crippen LogP contribution < -0.4 is 15.2 Å². The Balaban J connectivity index is 1.94. The van der Waals surface area contributed by atoms with E-state index < -0.39 is 29.5 Å². The average Bonchev–Trinajstić information content (AvgIpc) is 2.81. The Labute approximate surface area is 195 Å². The minimum Gasteiger partial charge on any atom is -0.436 e. The lowest BCUT2D eigenvalue weighted by Crippen LogP contribution is -2.29. The van der Waals surface area contributed by atoms with Crippen molar-refractivity contribution in [3.63, 3.8) is 0 Å². The highest BCUT2D eigenvalue weighted by molar-refractivity contribution is 5.95. The summed E-state index contributed by atoms with van der Waals surface area (Å²) in [5.74, 6) is -3.19. The van der Waals surface area contributed by atoms with Crippen molar-refractivity contribution in [1.29, 1.82) is 5.41 Å². The van der Waals surface area contributed by atoms with Gasteiger partial charge in [0.2, 0.25) is 0 Å². The Bertz CT molecular complexity index is 1230. The van der Waals surface area contributed by atoms with Crippen molar-refractivity contribution in [2.45, 2.75) is 13.0 Å². The van der Waals surface area contributed by atoms with Gasteiger partial charge in [0.15, 0.2) is 17.7 Å². The Hall–Kier alpha value is -4.05. The molecule has 0 saturated carbocycles. The Morgan fingerprint density at radius 3 is 2.12 bits per heavy atom. The molecule has 178 valence electrons. The number of likely N-dealkylation sites (N-methyl/N-ethyl adjacent to an activating group) is 1. The number of carbonyl (C=O) groups is 1. The van der Waals surface area contributed by atoms with Gasteiger partial charge in [-0.15, -0.1) is 0 Å². The number of nitrogen functional groups attached to an aromatic ring is 1. The van der Waals surface area contributed by atoms with Crippen LogP contribution in [0.25, 0.3) is 0 Å². The number of pyridine rings is 1. The Morgan fingerprint density at radius 2 is 1.59 bits per heavy atom. The number of carbonyl (C=O) groups excluding carboxylic acids is 1. The molecule has 0 spiro atoms. The molecular weight excluding hydrogens is 446 g/mol. The van der Waals surface area contributed by atoms with E-state index in [1.165, 1.54) is 43.2 Å². The van der Waals surface area contributed by atoms with Crippen molar-refractivity contribution in [3.05, 3.63) is 76.9 Å². The molecule has 1 aromatic heterocycles. The second-order valence-electron chi connectivity index (χ2n) is 7.54. The molecule has 0 fully saturated rings. The van der Waals surface area contributed by atoms with Gasteiger partial charge in [0.25, 0.3) is 17.7 Å². The number of halogens is 2. The van der Waals surface area contributed by atoms with E-state index in [1.54, 1.807) is 38.4 Å². The first-order valence-corrected chi connectivity index (χ1v) is 10.1. The number of nitrogens with one attached hydrogen (secondary N) is 1. The summed E-state index contributed by atoms with van der Waals surface area (Å²) in [6.45, 7) is 1.23. The standard InChI is InChI=1S/C24H24F2N4O4/c1-13-18(25)22(29-23(19(13)26)34-17-10-6-8-15(12-17)21(27)28)33-16-9-5-7-14(11-16)20(32-4)24(31)30(2)3/h5-12,20H,1-4H3,(H3,27,28). The number of hydrogen-bond acceptors (Lipinski definition) is 6. The number of nitrogens with two attached hydrogens (primary N) is 1. The molecule has 0 aliphatic rings. The van der Waals surface area contributed by atoms with Gasteiger partial charge in [0.05, 0.1) is 0 Å². The maximum Gasteiger partial charge on any atom is 0.259 e. The fourth-order valence-corrected chi connectivity index (χ4v) is 3.05. The molecule has 3 aromatic rings. The van der Waals surface area contributed by atoms with E-state index in [9.17, 15) is 13.6 Å². The number of hydrogen-bond donors (Lipinski definition) is 2. The average molecular weight is 470 g/mol. The van der Waals surface area contributed by atoms with Gasteiger partial charge in [-0.2, -0.15) is 4.98 Å². The minimum atomic E-state index is -1.000. The van der Waals surface area contributed by atoms with E-state index in [4.69, 9.17) is 25.4 Å². The van der Waals surface area contributed by atoms with Crippen LogP contribution >= 0.6 is 0 Å². The van der Waals surface area contributed by atoms with Crippen LogP contribution in [0.4, 0.5) is 8.78 Å². The second kappa shape index (κ2) is 10.3. The molecule has 2 aromatic carbocycles. The normalized spacial score (nSPS) is 11.6. The van der Waals surface area contributed by atoms with Crippen molar-refractivity contribution in [2.24, 2.45) is 5.73 Å². The smallest absolute Gasteiger partial charge is 0.259 e. The van der Waals surface area contributed by atoms with Crippen LogP contribution in [-0.4, -0.2) is 42.8 Å². The summed E-state index contributed by atoms with van der Waals surface area (Å²) in [7, 11) is 4.60. The highest BCUT2D eigenvalue weighted by Gasteiger charge is 2.24. The van der Waals surface area contributed by atoms with Crippen LogP contribution in [-0.2, 0) is 9.53 Å². The molecule has 0 saturated heterocycles. The van der Waals surface area contributed by atoms with E-state index in [0.29, 0.717) is 11.1 Å². The lowest BCUT2D eigenvalue weighted by Gasteiger charge is -2.20. The second-order valence-corrected chi connectivity index (χ2v) is 7.54. The molecule has 0 bridgehead atoms. The minimum absolute atomic E-state index is 0.156. The lowest BCUT2D eigenvalue weighted by atomic mass is 10.1. The summed E-state index contributed by atoms with van der Waals surface area (Å²) in [4.78, 5) is 17.6. The number of methoxy groups -OCH3 is 1. The summed E-state index contributed by atoms with van der Waals surface area (Å²) >= 11 is 0. The van der Waals surface area contributed by atoms with Crippen LogP contribution in [0.1, 0.15) is 22.8 Å². The number of rotatable bonds is 8. The summed E-state index contributed by atoms with van der Waals surface area (Å²) in [5.41, 5.74) is 5.97. The molecule has 1 amide bonds. The summed E-state index contributed by atoms with van der Waals surface area (Å²) in [6.07, 6.45) is -0.890. The van der Waals surface area contributed by atoms with Gasteiger partial charge in [-0.05, 0) is 36.8 Å². The van der Waals surface area contributed by atoms with Crippen LogP contribution in [0.5, 0.6) is 23.3 Å². The van der Waals surface area contributed by atoms with Crippen molar-refractivity contribution in [1.82, 2.24) is 9.88 Å². The number of ether oxygens (including phenoxy) is 3. The fraction of sp³-hybridized carbons (Fsp3) is 0.208. The Morgan fingerprint density at radius 1 is 1.03 bits per heavy atom. The number of nitrogens with zero attached hydrogens (tertiary/aromatic N) is 2. The predicted molar refractivity (Wildman–Crippen MR) is 121 cm³/mol. The maximum atomic E-state index is 14.8. The number of aromatic nitrogens is 1. The first-order chi connectivity index (χ1) is 16.1. The summed E-state index contributed by atoms with van der Waals surface area (Å²) < 4.78 is 45.9. The molecular formula is C24H24F2N4O4. The van der Waals surface area contributed by atoms with Gasteiger partial charge in [-0.1, -0.05) is 24.3 Å². The van der Waals surface area contributed by atoms with E-state index in [0.717, 1.165) is 0 Å². The van der Waals surface area contributed by atoms with E-state index in [1.807, 2.05) is 0 Å².